The van der Waals surface area contributed by atoms with Gasteiger partial charge in [0.1, 0.15) is 5.75 Å². The van der Waals surface area contributed by atoms with Gasteiger partial charge in [-0.25, -0.2) is 0 Å². The molecule has 0 fully saturated rings. The van der Waals surface area contributed by atoms with Crippen LogP contribution in [-0.4, -0.2) is 25.4 Å². The van der Waals surface area contributed by atoms with Crippen molar-refractivity contribution in [2.45, 2.75) is 6.42 Å². The van der Waals surface area contributed by atoms with Crippen LogP contribution in [0, 0.1) is 5.21 Å². The maximum Gasteiger partial charge on any atom is 0.119 e. The lowest BCUT2D eigenvalue weighted by molar-refractivity contribution is 0.197. The van der Waals surface area contributed by atoms with E-state index in [1.165, 1.54) is 7.11 Å². The Morgan fingerprint density at radius 3 is 2.53 bits per heavy atom. The van der Waals surface area contributed by atoms with E-state index in [4.69, 9.17) is 9.84 Å². The van der Waals surface area contributed by atoms with Gasteiger partial charge >= 0.3 is 0 Å². The molecule has 15 heavy (non-hydrogen) atoms. The van der Waals surface area contributed by atoms with Gasteiger partial charge in [0.25, 0.3) is 0 Å². The molecule has 1 aromatic carbocycles. The first kappa shape index (κ1) is 11.8. The summed E-state index contributed by atoms with van der Waals surface area (Å²) >= 11 is 0. The monoisotopic (exact) mass is 212 g/mol. The van der Waals surface area contributed by atoms with Gasteiger partial charge in [-0.05, 0) is 24.3 Å². The van der Waals surface area contributed by atoms with Crippen molar-refractivity contribution < 1.29 is 14.7 Å². The van der Waals surface area contributed by atoms with E-state index in [2.05, 4.69) is 4.84 Å². The van der Waals surface area contributed by atoms with Gasteiger partial charge < -0.3 is 20.3 Å². The zero-order valence-corrected chi connectivity index (χ0v) is 8.55. The molecule has 84 valence electrons. The number of anilines is 1. The van der Waals surface area contributed by atoms with Crippen LogP contribution in [0.25, 0.3) is 0 Å². The summed E-state index contributed by atoms with van der Waals surface area (Å²) < 4.78 is 5.29. The highest BCUT2D eigenvalue weighted by atomic mass is 16.9. The summed E-state index contributed by atoms with van der Waals surface area (Å²) in [6.07, 6.45) is 0.591. The molecule has 0 spiro atoms. The minimum Gasteiger partial charge on any atom is -0.733 e. The normalized spacial score (nSPS) is 10.1. The van der Waals surface area contributed by atoms with Crippen molar-refractivity contribution in [2.75, 3.05) is 25.6 Å². The molecule has 1 rings (SSSR count). The van der Waals surface area contributed by atoms with Crippen LogP contribution in [0.1, 0.15) is 6.42 Å². The fourth-order valence-corrected chi connectivity index (χ4v) is 1.02. The highest BCUT2D eigenvalue weighted by Crippen LogP contribution is 2.18. The van der Waals surface area contributed by atoms with E-state index in [0.717, 1.165) is 0 Å². The molecule has 0 unspecified atom stereocenters. The standard InChI is InChI=1S/C10H14NO4/c1-14-11(13)9-3-5-10(6-4-9)15-8-2-7-12/h3-6,12H,2,7-8H2,1H3/q-1. The van der Waals surface area contributed by atoms with E-state index in [0.29, 0.717) is 29.7 Å². The highest BCUT2D eigenvalue weighted by molar-refractivity contribution is 5.47. The van der Waals surface area contributed by atoms with E-state index in [9.17, 15) is 5.21 Å². The Morgan fingerprint density at radius 2 is 2.00 bits per heavy atom. The van der Waals surface area contributed by atoms with Crippen LogP contribution in [0.15, 0.2) is 24.3 Å². The third-order valence-electron chi connectivity index (χ3n) is 1.78. The van der Waals surface area contributed by atoms with Crippen LogP contribution in [0.5, 0.6) is 5.75 Å². The van der Waals surface area contributed by atoms with Crippen molar-refractivity contribution in [3.8, 4) is 5.75 Å². The number of nitrogens with zero attached hydrogens (tertiary/aromatic N) is 1. The summed E-state index contributed by atoms with van der Waals surface area (Å²) in [5.41, 5.74) is 0.409. The Labute approximate surface area is 88.4 Å². The van der Waals surface area contributed by atoms with Crippen molar-refractivity contribution in [2.24, 2.45) is 0 Å². The van der Waals surface area contributed by atoms with E-state index < -0.39 is 0 Å². The van der Waals surface area contributed by atoms with Crippen LogP contribution in [0.3, 0.4) is 0 Å². The molecule has 0 atom stereocenters. The summed E-state index contributed by atoms with van der Waals surface area (Å²) in [7, 11) is 1.30. The molecule has 0 heterocycles. The summed E-state index contributed by atoms with van der Waals surface area (Å²) in [5.74, 6) is 0.664. The quantitative estimate of drug-likeness (QED) is 0.569. The largest absolute Gasteiger partial charge is 0.733 e. The van der Waals surface area contributed by atoms with Gasteiger partial charge in [-0.1, -0.05) is 0 Å². The van der Waals surface area contributed by atoms with Gasteiger partial charge in [-0.3, -0.25) is 4.84 Å². The lowest BCUT2D eigenvalue weighted by Gasteiger charge is -2.26. The Hall–Kier alpha value is -1.30. The van der Waals surface area contributed by atoms with E-state index in [1.54, 1.807) is 24.3 Å². The average Bonchev–Trinajstić information content (AvgIpc) is 2.29. The average molecular weight is 212 g/mol. The molecule has 0 saturated carbocycles. The van der Waals surface area contributed by atoms with E-state index >= 15 is 0 Å². The zero-order valence-electron chi connectivity index (χ0n) is 8.55. The second-order valence-electron chi connectivity index (χ2n) is 2.86. The Balaban J connectivity index is 2.49. The molecule has 0 saturated heterocycles. The lowest BCUT2D eigenvalue weighted by Crippen LogP contribution is -2.11. The van der Waals surface area contributed by atoms with Crippen molar-refractivity contribution in [1.82, 2.24) is 0 Å². The van der Waals surface area contributed by atoms with Gasteiger partial charge in [0.15, 0.2) is 0 Å². The van der Waals surface area contributed by atoms with Crippen LogP contribution in [0.4, 0.5) is 5.69 Å². The van der Waals surface area contributed by atoms with Crippen LogP contribution in [-0.2, 0) is 4.84 Å². The second-order valence-corrected chi connectivity index (χ2v) is 2.86. The fraction of sp³-hybridized carbons (Fsp3) is 0.400. The molecule has 0 aliphatic carbocycles. The lowest BCUT2D eigenvalue weighted by atomic mass is 10.3. The number of benzene rings is 1. The molecule has 5 heteroatoms. The van der Waals surface area contributed by atoms with E-state index in [-0.39, 0.29) is 6.61 Å². The van der Waals surface area contributed by atoms with Crippen LogP contribution in [0.2, 0.25) is 0 Å². The molecule has 0 aliphatic heterocycles. The Bertz CT molecular complexity index is 275. The SMILES string of the molecule is CON([O-])c1ccc(OCCCO)cc1. The number of aliphatic hydroxyl groups is 1. The highest BCUT2D eigenvalue weighted by Gasteiger charge is 1.96. The van der Waals surface area contributed by atoms with Gasteiger partial charge in [0.05, 0.1) is 19.4 Å². The Morgan fingerprint density at radius 1 is 1.33 bits per heavy atom. The van der Waals surface area contributed by atoms with Crippen molar-refractivity contribution >= 4 is 5.69 Å². The van der Waals surface area contributed by atoms with Gasteiger partial charge in [-0.15, -0.1) is 0 Å². The molecule has 0 bridgehead atoms. The molecular formula is C10H14NO4-. The van der Waals surface area contributed by atoms with Crippen molar-refractivity contribution in [1.29, 1.82) is 0 Å². The predicted octanol–water partition coefficient (Wildman–Crippen LogP) is 1.31. The molecule has 1 aromatic rings. The Kier molecular flexibility index (Phi) is 4.89. The molecule has 0 amide bonds. The van der Waals surface area contributed by atoms with Gasteiger partial charge in [0.2, 0.25) is 0 Å². The molecule has 1 N–H and O–H groups in total. The predicted molar refractivity (Wildman–Crippen MR) is 56.5 cm³/mol. The van der Waals surface area contributed by atoms with Crippen LogP contribution >= 0.6 is 0 Å². The maximum absolute atomic E-state index is 11.0. The third kappa shape index (κ3) is 3.75. The topological polar surface area (TPSA) is 65.0 Å². The minimum atomic E-state index is 0.107. The first-order valence-corrected chi connectivity index (χ1v) is 4.63. The third-order valence-corrected chi connectivity index (χ3v) is 1.78. The van der Waals surface area contributed by atoms with Crippen molar-refractivity contribution in [3.05, 3.63) is 29.5 Å². The first-order valence-electron chi connectivity index (χ1n) is 4.63. The number of rotatable bonds is 6. The molecule has 0 aromatic heterocycles. The number of hydrogen-bond donors (Lipinski definition) is 1. The maximum atomic E-state index is 11.0. The molecule has 5 nitrogen and oxygen atoms in total. The number of aliphatic hydroxyl groups excluding tert-OH is 1. The molecule has 0 radical (unpaired) electrons. The fourth-order valence-electron chi connectivity index (χ4n) is 1.02. The molecule has 0 aliphatic rings. The zero-order chi connectivity index (χ0) is 11.1. The summed E-state index contributed by atoms with van der Waals surface area (Å²) in [4.78, 5) is 4.48. The van der Waals surface area contributed by atoms with Crippen LogP contribution < -0.4 is 9.96 Å². The second kappa shape index (κ2) is 6.23. The first-order chi connectivity index (χ1) is 7.27. The summed E-state index contributed by atoms with van der Waals surface area (Å²) in [6, 6.07) is 6.56. The molecular weight excluding hydrogens is 198 g/mol. The summed E-state index contributed by atoms with van der Waals surface area (Å²) in [6.45, 7) is 0.567. The number of hydrogen-bond acceptors (Lipinski definition) is 5. The van der Waals surface area contributed by atoms with Gasteiger partial charge in [-0.2, -0.15) is 0 Å². The smallest absolute Gasteiger partial charge is 0.119 e. The summed E-state index contributed by atoms with van der Waals surface area (Å²) in [5, 5.41) is 20.0. The minimum absolute atomic E-state index is 0.107. The van der Waals surface area contributed by atoms with Crippen molar-refractivity contribution in [3.63, 3.8) is 0 Å². The van der Waals surface area contributed by atoms with Gasteiger partial charge in [0, 0.05) is 13.0 Å². The number of ether oxygens (including phenoxy) is 1. The van der Waals surface area contributed by atoms with E-state index in [1.807, 2.05) is 0 Å².